The zero-order valence-electron chi connectivity index (χ0n) is 59.3. The van der Waals surface area contributed by atoms with Crippen LogP contribution < -0.4 is 26.6 Å². The van der Waals surface area contributed by atoms with Crippen molar-refractivity contribution in [3.63, 3.8) is 0 Å². The van der Waals surface area contributed by atoms with Crippen LogP contribution in [0.15, 0.2) is 0 Å². The molecule has 1 aliphatic rings. The van der Waals surface area contributed by atoms with E-state index in [0.29, 0.717) is 38.1 Å². The third-order valence-electron chi connectivity index (χ3n) is 16.8. The number of likely N-dealkylation sites (N-methyl/N-ethyl adjacent to an activating group) is 6. The lowest BCUT2D eigenvalue weighted by Gasteiger charge is -2.42. The van der Waals surface area contributed by atoms with Crippen LogP contribution in [0.25, 0.3) is 0 Å². The van der Waals surface area contributed by atoms with Gasteiger partial charge in [0.05, 0.1) is 36.9 Å². The van der Waals surface area contributed by atoms with Gasteiger partial charge in [-0.2, -0.15) is 0 Å². The van der Waals surface area contributed by atoms with Crippen molar-refractivity contribution in [3.8, 4) is 0 Å². The van der Waals surface area contributed by atoms with Gasteiger partial charge < -0.3 is 70.0 Å². The number of carbonyl (C=O) groups is 12. The number of aliphatic hydroxyl groups is 1. The first-order valence-electron chi connectivity index (χ1n) is 32.4. The first-order chi connectivity index (χ1) is 42.1. The van der Waals surface area contributed by atoms with Gasteiger partial charge in [-0.3, -0.25) is 58.1 Å². The van der Waals surface area contributed by atoms with Gasteiger partial charge in [0.1, 0.15) is 42.6 Å². The zero-order chi connectivity index (χ0) is 70.5. The number of hydrogen-bond donors (Lipinski definition) is 6. The highest BCUT2D eigenvalue weighted by molar-refractivity contribution is 5.98. The first kappa shape index (κ1) is 83.1. The van der Waals surface area contributed by atoms with Gasteiger partial charge >= 0.3 is 0 Å². The highest BCUT2D eigenvalue weighted by Gasteiger charge is 2.51. The zero-order valence-corrected chi connectivity index (χ0v) is 59.3. The fourth-order valence-electron chi connectivity index (χ4n) is 11.7. The van der Waals surface area contributed by atoms with Crippen LogP contribution in [0.1, 0.15) is 170 Å². The molecular weight excluding hydrogens is 1170 g/mol. The Hall–Kier alpha value is -5.96. The van der Waals surface area contributed by atoms with Crippen molar-refractivity contribution < 1.29 is 72.1 Å². The van der Waals surface area contributed by atoms with Crippen LogP contribution in [-0.4, -0.2) is 246 Å². The second-order valence-electron chi connectivity index (χ2n) is 27.6. The minimum atomic E-state index is -1.94. The van der Waals surface area contributed by atoms with Crippen LogP contribution in [0.5, 0.6) is 0 Å². The molecule has 0 aromatic carbocycles. The highest BCUT2D eigenvalue weighted by Crippen LogP contribution is 2.30. The Morgan fingerprint density at radius 1 is 0.758 bits per heavy atom. The van der Waals surface area contributed by atoms with Crippen LogP contribution in [0, 0.1) is 35.5 Å². The molecule has 14 atom stereocenters. The predicted molar refractivity (Wildman–Crippen MR) is 346 cm³/mol. The minimum Gasteiger partial charge on any atom is -0.391 e. The van der Waals surface area contributed by atoms with E-state index >= 15 is 14.4 Å². The molecule has 0 spiro atoms. The summed E-state index contributed by atoms with van der Waals surface area (Å²) in [5, 5.41) is 25.4. The Labute approximate surface area is 542 Å². The van der Waals surface area contributed by atoms with Crippen LogP contribution in [0.4, 0.5) is 0 Å². The molecule has 14 unspecified atom stereocenters. The SMILES string of the molecule is CCCC(NC)C(=O)NC(C)(C=O)OC(C(=O)N(C)C(CC(C)C)C(=O)NC(CC(C)C)C(=O)N(C)C1C(=O)N(C)C(C(=O)NC(C(=O)N(C)CC(=O)N(C)C(C=O)(CC(C)C)NC(C=O)CC(C)C)C(C)O)C(C(C)CCN(C(C)=O)C(C)C)OC1C)C(C)C. The fraction of sp³-hybridized carbons (Fsp3) is 0.815. The summed E-state index contributed by atoms with van der Waals surface area (Å²) in [7, 11) is 8.42. The molecule has 6 N–H and O–H groups in total. The third kappa shape index (κ3) is 23.8. The van der Waals surface area contributed by atoms with E-state index in [4.69, 9.17) is 9.47 Å². The maximum absolute atomic E-state index is 15.2. The molecule has 0 aromatic rings. The maximum atomic E-state index is 15.2. The van der Waals surface area contributed by atoms with Crippen molar-refractivity contribution in [3.05, 3.63) is 0 Å². The Balaban J connectivity index is 3.92. The van der Waals surface area contributed by atoms with E-state index < -0.39 is 144 Å². The lowest BCUT2D eigenvalue weighted by atomic mass is 9.92. The monoisotopic (exact) mass is 1290 g/mol. The molecule has 9 amide bonds. The molecule has 522 valence electrons. The summed E-state index contributed by atoms with van der Waals surface area (Å²) in [6.45, 7) is 30.9. The summed E-state index contributed by atoms with van der Waals surface area (Å²) in [4.78, 5) is 175. The molecule has 0 aromatic heterocycles. The molecule has 1 heterocycles. The number of ether oxygens (including phenoxy) is 2. The first-order valence-corrected chi connectivity index (χ1v) is 32.4. The number of hydrogen-bond acceptors (Lipinski definition) is 17. The number of aldehydes is 3. The van der Waals surface area contributed by atoms with Crippen molar-refractivity contribution in [2.24, 2.45) is 35.5 Å². The normalized spacial score (nSPS) is 20.2. The number of carbonyl (C=O) groups excluding carboxylic acids is 12. The lowest BCUT2D eigenvalue weighted by Crippen LogP contribution is -2.66. The Morgan fingerprint density at radius 3 is 1.78 bits per heavy atom. The Morgan fingerprint density at radius 2 is 1.33 bits per heavy atom. The molecule has 1 saturated heterocycles. The van der Waals surface area contributed by atoms with Gasteiger partial charge in [0, 0.05) is 54.7 Å². The molecule has 26 heteroatoms. The van der Waals surface area contributed by atoms with E-state index in [-0.39, 0.29) is 67.8 Å². The topological polar surface area (TPSA) is 323 Å². The molecule has 0 bridgehead atoms. The molecule has 0 saturated carbocycles. The molecule has 26 nitrogen and oxygen atoms in total. The van der Waals surface area contributed by atoms with Crippen molar-refractivity contribution in [1.29, 1.82) is 0 Å². The summed E-state index contributed by atoms with van der Waals surface area (Å²) in [5.41, 5.74) is -3.59. The Bertz CT molecular complexity index is 2440. The number of amides is 9. The van der Waals surface area contributed by atoms with Crippen LogP contribution in [0.3, 0.4) is 0 Å². The molecule has 1 fully saturated rings. The third-order valence-corrected chi connectivity index (χ3v) is 16.8. The molecular formula is C65H117N11O15. The summed E-state index contributed by atoms with van der Waals surface area (Å²) in [6.07, 6.45) is -1.55. The predicted octanol–water partition coefficient (Wildman–Crippen LogP) is 2.50. The average molecular weight is 1290 g/mol. The van der Waals surface area contributed by atoms with Crippen LogP contribution in [-0.2, 0) is 67.0 Å². The smallest absolute Gasteiger partial charge is 0.252 e. The van der Waals surface area contributed by atoms with Gasteiger partial charge in [-0.1, -0.05) is 89.5 Å². The number of aliphatic hydroxyl groups excluding tert-OH is 1. The van der Waals surface area contributed by atoms with E-state index in [2.05, 4.69) is 26.6 Å². The van der Waals surface area contributed by atoms with Gasteiger partial charge in [-0.15, -0.1) is 0 Å². The van der Waals surface area contributed by atoms with Crippen molar-refractivity contribution in [2.75, 3.05) is 55.4 Å². The molecule has 91 heavy (non-hydrogen) atoms. The Kier molecular flexibility index (Phi) is 34.4. The maximum Gasteiger partial charge on any atom is 0.252 e. The average Bonchev–Trinajstić information content (AvgIpc) is 1.77. The quantitative estimate of drug-likeness (QED) is 0.0380. The number of nitrogens with one attached hydrogen (secondary N) is 5. The second kappa shape index (κ2) is 37.7. The minimum absolute atomic E-state index is 0.0626. The largest absolute Gasteiger partial charge is 0.391 e. The van der Waals surface area contributed by atoms with Crippen molar-refractivity contribution >= 4 is 72.0 Å². The summed E-state index contributed by atoms with van der Waals surface area (Å²) in [5.74, 6) is -7.76. The van der Waals surface area contributed by atoms with E-state index in [1.807, 2.05) is 76.2 Å². The van der Waals surface area contributed by atoms with E-state index in [1.54, 1.807) is 39.6 Å². The van der Waals surface area contributed by atoms with Gasteiger partial charge in [0.2, 0.25) is 47.3 Å². The standard InChI is InChI=1S/C65H117N11O15/c1-25-26-48(66-19)57(83)70-64(18,35-78)91-55(41(10)11)63(89)72(21)50(31-39(6)7)58(84)67-49(30-38(4)5)60(86)73(22)53-45(16)90-56(43(14)27-28-76(42(12)13)46(17)81)54(74(23)62(53)88)59(85)68-52(44(15)80)61(87)71(20)33-51(82)75(24)65(36-79,32-40(8)9)69-47(34-77)29-37(2)3/h34-45,47-50,52-56,66,69,80H,25-33H2,1-24H3,(H,67,84)(H,68,85)(H,70,83). The van der Waals surface area contributed by atoms with Gasteiger partial charge in [-0.05, 0) is 116 Å². The summed E-state index contributed by atoms with van der Waals surface area (Å²) < 4.78 is 12.9. The molecule has 1 rings (SSSR count). The number of rotatable bonds is 39. The van der Waals surface area contributed by atoms with Crippen molar-refractivity contribution in [2.45, 2.75) is 254 Å². The van der Waals surface area contributed by atoms with Gasteiger partial charge in [0.25, 0.3) is 5.91 Å². The van der Waals surface area contributed by atoms with E-state index in [0.717, 1.165) is 19.6 Å². The summed E-state index contributed by atoms with van der Waals surface area (Å²) in [6, 6.07) is -8.84. The highest BCUT2D eigenvalue weighted by atomic mass is 16.5. The van der Waals surface area contributed by atoms with E-state index in [9.17, 15) is 48.3 Å². The van der Waals surface area contributed by atoms with Crippen molar-refractivity contribution in [1.82, 2.24) is 56.0 Å². The van der Waals surface area contributed by atoms with Gasteiger partial charge in [-0.25, -0.2) is 0 Å². The second-order valence-corrected chi connectivity index (χ2v) is 27.6. The molecule has 0 radical (unpaired) electrons. The van der Waals surface area contributed by atoms with E-state index in [1.165, 1.54) is 60.9 Å². The molecule has 1 aliphatic heterocycles. The van der Waals surface area contributed by atoms with Crippen LogP contribution in [0.2, 0.25) is 0 Å². The lowest BCUT2D eigenvalue weighted by molar-refractivity contribution is -0.173. The van der Waals surface area contributed by atoms with Gasteiger partial charge in [0.15, 0.2) is 24.0 Å². The van der Waals surface area contributed by atoms with Crippen LogP contribution >= 0.6 is 0 Å². The summed E-state index contributed by atoms with van der Waals surface area (Å²) >= 11 is 0. The number of nitrogens with zero attached hydrogens (tertiary/aromatic N) is 6. The fourth-order valence-corrected chi connectivity index (χ4v) is 11.7. The molecule has 0 aliphatic carbocycles.